The zero-order valence-electron chi connectivity index (χ0n) is 14.3. The lowest BCUT2D eigenvalue weighted by Gasteiger charge is -2.42. The maximum atomic E-state index is 11.0. The Balaban J connectivity index is 1.64. The van der Waals surface area contributed by atoms with Gasteiger partial charge in [0, 0.05) is 24.2 Å². The number of hydrogen-bond donors (Lipinski definition) is 3. The van der Waals surface area contributed by atoms with Crippen molar-refractivity contribution in [1.82, 2.24) is 4.90 Å². The number of aromatic hydroxyl groups is 1. The summed E-state index contributed by atoms with van der Waals surface area (Å²) in [5, 5.41) is 31.6. The average Bonchev–Trinajstić information content (AvgIpc) is 2.62. The maximum Gasteiger partial charge on any atom is 0.115 e. The molecule has 0 radical (unpaired) electrons. The Labute approximate surface area is 153 Å². The molecule has 134 valence electrons. The minimum atomic E-state index is -0.843. The van der Waals surface area contributed by atoms with Crippen LogP contribution in [0.25, 0.3) is 0 Å². The first-order valence-electron chi connectivity index (χ1n) is 8.58. The number of likely N-dealkylation sites (tertiary alicyclic amines) is 1. The standard InChI is InChI=1S/C20H24ClNO3/c1-14(19(24)15-2-8-18(23)9-3-15)22-12-10-20(25,11-13-22)16-4-6-17(21)7-5-16/h2-9,14,19,23-25H,10-13H2,1H3/t14-,19+/m0/s1. The van der Waals surface area contributed by atoms with Gasteiger partial charge >= 0.3 is 0 Å². The third kappa shape index (κ3) is 3.98. The molecule has 0 bridgehead atoms. The topological polar surface area (TPSA) is 63.9 Å². The zero-order valence-corrected chi connectivity index (χ0v) is 15.0. The number of aliphatic hydroxyl groups excluding tert-OH is 1. The Morgan fingerprint density at radius 1 is 1.00 bits per heavy atom. The van der Waals surface area contributed by atoms with Gasteiger partial charge in [-0.05, 0) is 55.2 Å². The van der Waals surface area contributed by atoms with Crippen molar-refractivity contribution in [3.05, 3.63) is 64.7 Å². The molecule has 2 atom stereocenters. The predicted octanol–water partition coefficient (Wildman–Crippen LogP) is 3.45. The Hall–Kier alpha value is -1.59. The van der Waals surface area contributed by atoms with Crippen LogP contribution in [-0.2, 0) is 5.60 Å². The Morgan fingerprint density at radius 3 is 2.12 bits per heavy atom. The van der Waals surface area contributed by atoms with E-state index in [1.807, 2.05) is 19.1 Å². The molecule has 1 aliphatic heterocycles. The monoisotopic (exact) mass is 361 g/mol. The van der Waals surface area contributed by atoms with Crippen LogP contribution in [-0.4, -0.2) is 39.4 Å². The molecule has 4 nitrogen and oxygen atoms in total. The van der Waals surface area contributed by atoms with E-state index < -0.39 is 11.7 Å². The van der Waals surface area contributed by atoms with Crippen LogP contribution in [0.5, 0.6) is 5.75 Å². The van der Waals surface area contributed by atoms with Crippen molar-refractivity contribution in [2.45, 2.75) is 37.5 Å². The van der Waals surface area contributed by atoms with Crippen LogP contribution in [0.15, 0.2) is 48.5 Å². The number of phenolic OH excluding ortho intramolecular Hbond substituents is 1. The summed E-state index contributed by atoms with van der Waals surface area (Å²) in [5.74, 6) is 0.189. The second-order valence-electron chi connectivity index (χ2n) is 6.85. The number of piperidine rings is 1. The van der Waals surface area contributed by atoms with Crippen LogP contribution >= 0.6 is 11.6 Å². The molecule has 3 N–H and O–H groups in total. The summed E-state index contributed by atoms with van der Waals surface area (Å²) in [5.41, 5.74) is 0.830. The molecule has 25 heavy (non-hydrogen) atoms. The highest BCUT2D eigenvalue weighted by Gasteiger charge is 2.36. The fraction of sp³-hybridized carbons (Fsp3) is 0.400. The molecule has 1 fully saturated rings. The second kappa shape index (κ2) is 7.34. The van der Waals surface area contributed by atoms with E-state index in [0.29, 0.717) is 31.0 Å². The quantitative estimate of drug-likeness (QED) is 0.780. The molecule has 0 aliphatic carbocycles. The molecule has 1 heterocycles. The first-order chi connectivity index (χ1) is 11.9. The van der Waals surface area contributed by atoms with Crippen LogP contribution < -0.4 is 0 Å². The van der Waals surface area contributed by atoms with Crippen molar-refractivity contribution in [3.8, 4) is 5.75 Å². The lowest BCUT2D eigenvalue weighted by molar-refractivity contribution is -0.0501. The van der Waals surface area contributed by atoms with Gasteiger partial charge < -0.3 is 15.3 Å². The second-order valence-corrected chi connectivity index (χ2v) is 7.29. The molecular weight excluding hydrogens is 338 g/mol. The van der Waals surface area contributed by atoms with Crippen molar-refractivity contribution in [2.75, 3.05) is 13.1 Å². The first kappa shape index (κ1) is 18.2. The smallest absolute Gasteiger partial charge is 0.115 e. The Kier molecular flexibility index (Phi) is 5.35. The molecule has 1 aliphatic rings. The van der Waals surface area contributed by atoms with E-state index in [-0.39, 0.29) is 11.8 Å². The summed E-state index contributed by atoms with van der Waals surface area (Å²) in [6, 6.07) is 14.0. The van der Waals surface area contributed by atoms with Gasteiger partial charge in [-0.15, -0.1) is 0 Å². The van der Waals surface area contributed by atoms with E-state index in [9.17, 15) is 15.3 Å². The zero-order chi connectivity index (χ0) is 18.0. The van der Waals surface area contributed by atoms with Gasteiger partial charge in [0.25, 0.3) is 0 Å². The third-order valence-electron chi connectivity index (χ3n) is 5.27. The molecule has 0 saturated carbocycles. The van der Waals surface area contributed by atoms with E-state index in [1.165, 1.54) is 0 Å². The number of halogens is 1. The number of phenols is 1. The minimum absolute atomic E-state index is 0.0701. The van der Waals surface area contributed by atoms with Gasteiger partial charge in [-0.3, -0.25) is 4.90 Å². The molecule has 0 aromatic heterocycles. The largest absolute Gasteiger partial charge is 0.508 e. The van der Waals surface area contributed by atoms with Crippen molar-refractivity contribution in [3.63, 3.8) is 0 Å². The van der Waals surface area contributed by atoms with E-state index >= 15 is 0 Å². The average molecular weight is 362 g/mol. The number of nitrogens with zero attached hydrogens (tertiary/aromatic N) is 1. The number of aliphatic hydroxyl groups is 2. The summed E-state index contributed by atoms with van der Waals surface area (Å²) in [6.07, 6.45) is 0.588. The molecule has 0 unspecified atom stereocenters. The molecule has 2 aromatic carbocycles. The normalized spacial score (nSPS) is 20.2. The van der Waals surface area contributed by atoms with E-state index in [0.717, 1.165) is 11.1 Å². The van der Waals surface area contributed by atoms with Crippen LogP contribution in [0.2, 0.25) is 5.02 Å². The molecule has 2 aromatic rings. The fourth-order valence-corrected chi connectivity index (χ4v) is 3.63. The van der Waals surface area contributed by atoms with Gasteiger partial charge in [-0.2, -0.15) is 0 Å². The van der Waals surface area contributed by atoms with Crippen LogP contribution in [0.3, 0.4) is 0 Å². The van der Waals surface area contributed by atoms with E-state index in [1.54, 1.807) is 36.4 Å². The van der Waals surface area contributed by atoms with Gasteiger partial charge in [0.05, 0.1) is 11.7 Å². The van der Waals surface area contributed by atoms with Crippen LogP contribution in [0, 0.1) is 0 Å². The number of benzene rings is 2. The van der Waals surface area contributed by atoms with Gasteiger partial charge in [0.15, 0.2) is 0 Å². The molecule has 3 rings (SSSR count). The van der Waals surface area contributed by atoms with Gasteiger partial charge in [-0.25, -0.2) is 0 Å². The summed E-state index contributed by atoms with van der Waals surface area (Å²) in [7, 11) is 0. The molecule has 0 spiro atoms. The number of rotatable bonds is 4. The Morgan fingerprint density at radius 2 is 1.56 bits per heavy atom. The summed E-state index contributed by atoms with van der Waals surface area (Å²) < 4.78 is 0. The van der Waals surface area contributed by atoms with E-state index in [4.69, 9.17) is 11.6 Å². The molecular formula is C20H24ClNO3. The lowest BCUT2D eigenvalue weighted by atomic mass is 9.83. The van der Waals surface area contributed by atoms with Crippen molar-refractivity contribution >= 4 is 11.6 Å². The Bertz CT molecular complexity index is 694. The van der Waals surface area contributed by atoms with E-state index in [2.05, 4.69) is 4.90 Å². The van der Waals surface area contributed by atoms with Crippen molar-refractivity contribution in [2.24, 2.45) is 0 Å². The van der Waals surface area contributed by atoms with Crippen LogP contribution in [0.1, 0.15) is 37.0 Å². The van der Waals surface area contributed by atoms with Crippen LogP contribution in [0.4, 0.5) is 0 Å². The lowest BCUT2D eigenvalue weighted by Crippen LogP contribution is -2.47. The van der Waals surface area contributed by atoms with Gasteiger partial charge in [0.1, 0.15) is 5.75 Å². The highest BCUT2D eigenvalue weighted by atomic mass is 35.5. The SMILES string of the molecule is C[C@@H]([C@@H](O)c1ccc(O)cc1)N1CCC(O)(c2ccc(Cl)cc2)CC1. The maximum absolute atomic E-state index is 11.0. The minimum Gasteiger partial charge on any atom is -0.508 e. The highest BCUT2D eigenvalue weighted by Crippen LogP contribution is 2.35. The molecule has 5 heteroatoms. The predicted molar refractivity (Wildman–Crippen MR) is 98.7 cm³/mol. The van der Waals surface area contributed by atoms with Gasteiger partial charge in [0.2, 0.25) is 0 Å². The summed E-state index contributed by atoms with van der Waals surface area (Å²) in [6.45, 7) is 3.40. The summed E-state index contributed by atoms with van der Waals surface area (Å²) >= 11 is 5.93. The fourth-order valence-electron chi connectivity index (χ4n) is 3.50. The third-order valence-corrected chi connectivity index (χ3v) is 5.53. The highest BCUT2D eigenvalue weighted by molar-refractivity contribution is 6.30. The van der Waals surface area contributed by atoms with Crippen molar-refractivity contribution in [1.29, 1.82) is 0 Å². The number of hydrogen-bond acceptors (Lipinski definition) is 4. The molecule has 1 saturated heterocycles. The van der Waals surface area contributed by atoms with Crippen molar-refractivity contribution < 1.29 is 15.3 Å². The van der Waals surface area contributed by atoms with Gasteiger partial charge in [-0.1, -0.05) is 35.9 Å². The first-order valence-corrected chi connectivity index (χ1v) is 8.96. The summed E-state index contributed by atoms with van der Waals surface area (Å²) in [4.78, 5) is 2.20. The molecule has 0 amide bonds.